The van der Waals surface area contributed by atoms with Gasteiger partial charge in [0.2, 0.25) is 0 Å². The van der Waals surface area contributed by atoms with Crippen molar-refractivity contribution in [2.24, 2.45) is 0 Å². The zero-order chi connectivity index (χ0) is 12.7. The average Bonchev–Trinajstić information content (AvgIpc) is 2.33. The van der Waals surface area contributed by atoms with Gasteiger partial charge in [0, 0.05) is 17.8 Å². The molecule has 0 heterocycles. The molecule has 0 aliphatic carbocycles. The Morgan fingerprint density at radius 2 is 2.12 bits per heavy atom. The van der Waals surface area contributed by atoms with Gasteiger partial charge in [-0.3, -0.25) is 0 Å². The SMILES string of the molecule is CCSCC(C)NC(CC)c1cccc(F)c1. The van der Waals surface area contributed by atoms with E-state index in [1.54, 1.807) is 12.1 Å². The van der Waals surface area contributed by atoms with Gasteiger partial charge in [-0.05, 0) is 36.8 Å². The summed E-state index contributed by atoms with van der Waals surface area (Å²) in [5.41, 5.74) is 1.04. The number of rotatable bonds is 7. The number of benzene rings is 1. The molecule has 0 aliphatic heterocycles. The molecule has 3 heteroatoms. The van der Waals surface area contributed by atoms with E-state index in [2.05, 4.69) is 26.1 Å². The molecule has 0 amide bonds. The van der Waals surface area contributed by atoms with E-state index in [0.717, 1.165) is 23.5 Å². The second-order valence-corrected chi connectivity index (χ2v) is 5.56. The van der Waals surface area contributed by atoms with Crippen molar-refractivity contribution in [1.29, 1.82) is 0 Å². The van der Waals surface area contributed by atoms with Gasteiger partial charge in [0.25, 0.3) is 0 Å². The first-order valence-electron chi connectivity index (χ1n) is 6.26. The fourth-order valence-electron chi connectivity index (χ4n) is 1.86. The van der Waals surface area contributed by atoms with Crippen molar-refractivity contribution in [3.63, 3.8) is 0 Å². The Bertz CT molecular complexity index is 330. The van der Waals surface area contributed by atoms with Crippen LogP contribution in [0.3, 0.4) is 0 Å². The normalized spacial score (nSPS) is 14.6. The zero-order valence-corrected chi connectivity index (χ0v) is 11.7. The third-order valence-electron chi connectivity index (χ3n) is 2.72. The molecule has 17 heavy (non-hydrogen) atoms. The van der Waals surface area contributed by atoms with E-state index >= 15 is 0 Å². The lowest BCUT2D eigenvalue weighted by molar-refractivity contribution is 0.468. The molecule has 0 aromatic heterocycles. The number of halogens is 1. The van der Waals surface area contributed by atoms with Crippen LogP contribution in [-0.4, -0.2) is 17.5 Å². The highest BCUT2D eigenvalue weighted by molar-refractivity contribution is 7.99. The Hall–Kier alpha value is -0.540. The molecule has 2 unspecified atom stereocenters. The summed E-state index contributed by atoms with van der Waals surface area (Å²) in [6, 6.07) is 7.59. The van der Waals surface area contributed by atoms with Crippen molar-refractivity contribution in [2.45, 2.75) is 39.3 Å². The molecule has 0 bridgehead atoms. The van der Waals surface area contributed by atoms with Crippen molar-refractivity contribution < 1.29 is 4.39 Å². The van der Waals surface area contributed by atoms with Crippen molar-refractivity contribution in [3.05, 3.63) is 35.6 Å². The van der Waals surface area contributed by atoms with Gasteiger partial charge in [0.05, 0.1) is 0 Å². The van der Waals surface area contributed by atoms with Gasteiger partial charge < -0.3 is 5.32 Å². The summed E-state index contributed by atoms with van der Waals surface area (Å²) in [7, 11) is 0. The molecule has 1 aromatic carbocycles. The molecular weight excluding hydrogens is 233 g/mol. The quantitative estimate of drug-likeness (QED) is 0.790. The van der Waals surface area contributed by atoms with Crippen molar-refractivity contribution in [1.82, 2.24) is 5.32 Å². The third-order valence-corrected chi connectivity index (χ3v) is 3.86. The Kier molecular flexibility index (Phi) is 6.60. The number of hydrogen-bond donors (Lipinski definition) is 1. The minimum atomic E-state index is -0.154. The van der Waals surface area contributed by atoms with Gasteiger partial charge >= 0.3 is 0 Å². The molecule has 0 radical (unpaired) electrons. The van der Waals surface area contributed by atoms with Crippen LogP contribution in [0.4, 0.5) is 4.39 Å². The average molecular weight is 255 g/mol. The molecular formula is C14H22FNS. The topological polar surface area (TPSA) is 12.0 Å². The van der Waals surface area contributed by atoms with E-state index in [1.807, 2.05) is 17.8 Å². The van der Waals surface area contributed by atoms with Crippen LogP contribution in [0.5, 0.6) is 0 Å². The van der Waals surface area contributed by atoms with Crippen molar-refractivity contribution >= 4 is 11.8 Å². The lowest BCUT2D eigenvalue weighted by atomic mass is 10.0. The first-order valence-corrected chi connectivity index (χ1v) is 7.42. The Morgan fingerprint density at radius 3 is 2.71 bits per heavy atom. The standard InChI is InChI=1S/C14H22FNS/c1-4-14(16-11(3)10-17-5-2)12-7-6-8-13(15)9-12/h6-9,11,14,16H,4-5,10H2,1-3H3. The van der Waals surface area contributed by atoms with Crippen LogP contribution in [0.2, 0.25) is 0 Å². The maximum absolute atomic E-state index is 13.2. The summed E-state index contributed by atoms with van der Waals surface area (Å²) >= 11 is 1.93. The first-order chi connectivity index (χ1) is 8.17. The van der Waals surface area contributed by atoms with E-state index in [1.165, 1.54) is 6.07 Å². The third kappa shape index (κ3) is 5.09. The largest absolute Gasteiger partial charge is 0.307 e. The van der Waals surface area contributed by atoms with Gasteiger partial charge in [-0.1, -0.05) is 26.0 Å². The molecule has 0 aliphatic rings. The van der Waals surface area contributed by atoms with Gasteiger partial charge in [0.15, 0.2) is 0 Å². The maximum Gasteiger partial charge on any atom is 0.123 e. The minimum absolute atomic E-state index is 0.154. The molecule has 1 nitrogen and oxygen atoms in total. The van der Waals surface area contributed by atoms with Crippen LogP contribution in [0.15, 0.2) is 24.3 Å². The van der Waals surface area contributed by atoms with Crippen LogP contribution in [0, 0.1) is 5.82 Å². The number of thioether (sulfide) groups is 1. The Labute approximate surface area is 108 Å². The molecule has 1 N–H and O–H groups in total. The fourth-order valence-corrected chi connectivity index (χ4v) is 2.54. The summed E-state index contributed by atoms with van der Waals surface area (Å²) in [5, 5.41) is 3.56. The molecule has 0 spiro atoms. The van der Waals surface area contributed by atoms with E-state index in [9.17, 15) is 4.39 Å². The maximum atomic E-state index is 13.2. The summed E-state index contributed by atoms with van der Waals surface area (Å²) in [4.78, 5) is 0. The molecule has 96 valence electrons. The highest BCUT2D eigenvalue weighted by Gasteiger charge is 2.12. The number of nitrogens with one attached hydrogen (secondary N) is 1. The van der Waals surface area contributed by atoms with Crippen LogP contribution in [0.25, 0.3) is 0 Å². The van der Waals surface area contributed by atoms with Gasteiger partial charge in [-0.15, -0.1) is 0 Å². The van der Waals surface area contributed by atoms with Gasteiger partial charge in [0.1, 0.15) is 5.82 Å². The second kappa shape index (κ2) is 7.72. The van der Waals surface area contributed by atoms with Gasteiger partial charge in [-0.2, -0.15) is 11.8 Å². The minimum Gasteiger partial charge on any atom is -0.307 e. The molecule has 1 rings (SSSR count). The summed E-state index contributed by atoms with van der Waals surface area (Å²) < 4.78 is 13.2. The Balaban J connectivity index is 2.59. The molecule has 2 atom stereocenters. The molecule has 0 saturated carbocycles. The molecule has 0 fully saturated rings. The number of hydrogen-bond acceptors (Lipinski definition) is 2. The fraction of sp³-hybridized carbons (Fsp3) is 0.571. The van der Waals surface area contributed by atoms with E-state index < -0.39 is 0 Å². The van der Waals surface area contributed by atoms with E-state index in [4.69, 9.17) is 0 Å². The van der Waals surface area contributed by atoms with Gasteiger partial charge in [-0.25, -0.2) is 4.39 Å². The highest BCUT2D eigenvalue weighted by atomic mass is 32.2. The predicted octanol–water partition coefficient (Wildman–Crippen LogP) is 4.01. The summed E-state index contributed by atoms with van der Waals surface area (Å²) in [6.07, 6.45) is 0.977. The first kappa shape index (κ1) is 14.5. The molecule has 1 aromatic rings. The Morgan fingerprint density at radius 1 is 1.35 bits per heavy atom. The second-order valence-electron chi connectivity index (χ2n) is 4.24. The lowest BCUT2D eigenvalue weighted by Gasteiger charge is -2.22. The van der Waals surface area contributed by atoms with Crippen LogP contribution >= 0.6 is 11.8 Å². The van der Waals surface area contributed by atoms with Crippen molar-refractivity contribution in [3.8, 4) is 0 Å². The lowest BCUT2D eigenvalue weighted by Crippen LogP contribution is -2.32. The van der Waals surface area contributed by atoms with Crippen molar-refractivity contribution in [2.75, 3.05) is 11.5 Å². The smallest absolute Gasteiger partial charge is 0.123 e. The van der Waals surface area contributed by atoms with E-state index in [-0.39, 0.29) is 11.9 Å². The summed E-state index contributed by atoms with van der Waals surface area (Å²) in [6.45, 7) is 6.48. The van der Waals surface area contributed by atoms with E-state index in [0.29, 0.717) is 6.04 Å². The van der Waals surface area contributed by atoms with Crippen LogP contribution in [-0.2, 0) is 0 Å². The van der Waals surface area contributed by atoms with Crippen LogP contribution < -0.4 is 5.32 Å². The monoisotopic (exact) mass is 255 g/mol. The zero-order valence-electron chi connectivity index (χ0n) is 10.9. The predicted molar refractivity (Wildman–Crippen MR) is 75.0 cm³/mol. The van der Waals surface area contributed by atoms with Crippen LogP contribution in [0.1, 0.15) is 38.8 Å². The molecule has 0 saturated heterocycles. The highest BCUT2D eigenvalue weighted by Crippen LogP contribution is 2.18. The summed E-state index contributed by atoms with van der Waals surface area (Å²) in [5.74, 6) is 2.09.